The molecule has 7 heteroatoms. The van der Waals surface area contributed by atoms with E-state index >= 15 is 0 Å². The Morgan fingerprint density at radius 1 is 1.37 bits per heavy atom. The van der Waals surface area contributed by atoms with Gasteiger partial charge < -0.3 is 5.11 Å². The van der Waals surface area contributed by atoms with Crippen LogP contribution in [0.5, 0.6) is 0 Å². The molecule has 1 N–H and O–H groups in total. The van der Waals surface area contributed by atoms with Crippen LogP contribution in [-0.2, 0) is 14.4 Å². The van der Waals surface area contributed by atoms with Crippen molar-refractivity contribution in [1.29, 1.82) is 0 Å². The van der Waals surface area contributed by atoms with E-state index in [-0.39, 0.29) is 54.4 Å². The summed E-state index contributed by atoms with van der Waals surface area (Å²) in [5.41, 5.74) is 0. The summed E-state index contributed by atoms with van der Waals surface area (Å²) in [5, 5.41) is 8.33. The fourth-order valence-corrected chi connectivity index (χ4v) is 2.64. The van der Waals surface area contributed by atoms with E-state index in [2.05, 4.69) is 0 Å². The lowest BCUT2D eigenvalue weighted by Crippen LogP contribution is -2.29. The van der Waals surface area contributed by atoms with Crippen LogP contribution < -0.4 is 0 Å². The second kappa shape index (κ2) is 7.28. The second-order valence-corrected chi connectivity index (χ2v) is 5.58. The SMILES string of the molecule is CC(CC(=O)O)CC(=O)CCCN1C(=O)CSC1=O. The molecule has 1 saturated heterocycles. The summed E-state index contributed by atoms with van der Waals surface area (Å²) in [6.07, 6.45) is 0.913. The molecule has 0 aromatic heterocycles. The molecule has 1 aliphatic heterocycles. The Morgan fingerprint density at radius 2 is 2.05 bits per heavy atom. The lowest BCUT2D eigenvalue weighted by molar-refractivity contribution is -0.138. The van der Waals surface area contributed by atoms with Crippen molar-refractivity contribution in [3.8, 4) is 0 Å². The normalized spacial score (nSPS) is 16.8. The number of carboxylic acid groups (broad SMARTS) is 1. The van der Waals surface area contributed by atoms with Crippen molar-refractivity contribution in [2.75, 3.05) is 12.3 Å². The zero-order valence-electron chi connectivity index (χ0n) is 10.8. The fourth-order valence-electron chi connectivity index (χ4n) is 1.89. The van der Waals surface area contributed by atoms with Crippen molar-refractivity contribution in [3.05, 3.63) is 0 Å². The lowest BCUT2D eigenvalue weighted by Gasteiger charge is -2.12. The molecule has 0 aliphatic carbocycles. The third-order valence-corrected chi connectivity index (χ3v) is 3.64. The van der Waals surface area contributed by atoms with Gasteiger partial charge in [-0.2, -0.15) is 0 Å². The molecule has 0 radical (unpaired) electrons. The lowest BCUT2D eigenvalue weighted by atomic mass is 9.99. The van der Waals surface area contributed by atoms with Crippen LogP contribution in [0.2, 0.25) is 0 Å². The molecule has 1 aliphatic rings. The topological polar surface area (TPSA) is 91.8 Å². The first kappa shape index (κ1) is 15.7. The molecule has 0 spiro atoms. The molecule has 1 unspecified atom stereocenters. The van der Waals surface area contributed by atoms with Crippen molar-refractivity contribution in [3.63, 3.8) is 0 Å². The van der Waals surface area contributed by atoms with Gasteiger partial charge in [-0.25, -0.2) is 0 Å². The van der Waals surface area contributed by atoms with Gasteiger partial charge in [0, 0.05) is 25.8 Å². The highest BCUT2D eigenvalue weighted by Gasteiger charge is 2.29. The number of carboxylic acids is 1. The Kier molecular flexibility index (Phi) is 6.01. The molecule has 1 heterocycles. The highest BCUT2D eigenvalue weighted by molar-refractivity contribution is 8.14. The average Bonchev–Trinajstić information content (AvgIpc) is 2.59. The monoisotopic (exact) mass is 287 g/mol. The number of Topliss-reactive ketones (excluding diaryl/α,β-unsaturated/α-hetero) is 1. The van der Waals surface area contributed by atoms with E-state index in [9.17, 15) is 19.2 Å². The molecule has 6 nitrogen and oxygen atoms in total. The third kappa shape index (κ3) is 5.42. The molecule has 1 atom stereocenters. The molecular weight excluding hydrogens is 270 g/mol. The first-order valence-corrected chi connectivity index (χ1v) is 7.09. The molecule has 0 aromatic rings. The fraction of sp³-hybridized carbons (Fsp3) is 0.667. The summed E-state index contributed by atoms with van der Waals surface area (Å²) in [6.45, 7) is 1.99. The van der Waals surface area contributed by atoms with Gasteiger partial charge in [-0.05, 0) is 12.3 Å². The number of rotatable bonds is 8. The molecule has 19 heavy (non-hydrogen) atoms. The standard InChI is InChI=1S/C12H17NO5S/c1-8(6-11(16)17)5-9(14)3-2-4-13-10(15)7-19-12(13)18/h8H,2-7H2,1H3,(H,16,17). The maximum atomic E-state index is 11.6. The van der Waals surface area contributed by atoms with E-state index in [0.717, 1.165) is 11.8 Å². The van der Waals surface area contributed by atoms with Crippen LogP contribution in [-0.4, -0.2) is 45.2 Å². The highest BCUT2D eigenvalue weighted by Crippen LogP contribution is 2.19. The predicted octanol–water partition coefficient (Wildman–Crippen LogP) is 1.53. The number of aliphatic carboxylic acids is 1. The third-order valence-electron chi connectivity index (χ3n) is 2.78. The van der Waals surface area contributed by atoms with Crippen LogP contribution in [0.1, 0.15) is 32.6 Å². The van der Waals surface area contributed by atoms with Gasteiger partial charge in [0.25, 0.3) is 5.24 Å². The number of thioether (sulfide) groups is 1. The Labute approximate surface area is 115 Å². The second-order valence-electron chi connectivity index (χ2n) is 4.65. The van der Waals surface area contributed by atoms with Crippen LogP contribution in [0.4, 0.5) is 4.79 Å². The highest BCUT2D eigenvalue weighted by atomic mass is 32.2. The van der Waals surface area contributed by atoms with Crippen LogP contribution in [0.3, 0.4) is 0 Å². The minimum Gasteiger partial charge on any atom is -0.481 e. The van der Waals surface area contributed by atoms with Crippen molar-refractivity contribution < 1.29 is 24.3 Å². The van der Waals surface area contributed by atoms with Crippen LogP contribution >= 0.6 is 11.8 Å². The van der Waals surface area contributed by atoms with Gasteiger partial charge in [0.15, 0.2) is 0 Å². The number of imide groups is 1. The molecule has 106 valence electrons. The molecule has 2 amide bonds. The van der Waals surface area contributed by atoms with Gasteiger partial charge >= 0.3 is 5.97 Å². The van der Waals surface area contributed by atoms with E-state index in [0.29, 0.717) is 6.42 Å². The van der Waals surface area contributed by atoms with Crippen LogP contribution in [0.15, 0.2) is 0 Å². The number of hydrogen-bond acceptors (Lipinski definition) is 5. The van der Waals surface area contributed by atoms with Crippen molar-refractivity contribution >= 4 is 34.7 Å². The first-order chi connectivity index (χ1) is 8.90. The van der Waals surface area contributed by atoms with Gasteiger partial charge in [0.1, 0.15) is 5.78 Å². The van der Waals surface area contributed by atoms with E-state index in [4.69, 9.17) is 5.11 Å². The Morgan fingerprint density at radius 3 is 2.58 bits per heavy atom. The van der Waals surface area contributed by atoms with Gasteiger partial charge in [-0.15, -0.1) is 0 Å². The van der Waals surface area contributed by atoms with Gasteiger partial charge in [-0.3, -0.25) is 24.1 Å². The smallest absolute Gasteiger partial charge is 0.303 e. The summed E-state index contributed by atoms with van der Waals surface area (Å²) in [6, 6.07) is 0. The summed E-state index contributed by atoms with van der Waals surface area (Å²) in [7, 11) is 0. The summed E-state index contributed by atoms with van der Waals surface area (Å²) in [4.78, 5) is 45.8. The summed E-state index contributed by atoms with van der Waals surface area (Å²) >= 11 is 0.977. The van der Waals surface area contributed by atoms with Crippen molar-refractivity contribution in [2.24, 2.45) is 5.92 Å². The average molecular weight is 287 g/mol. The van der Waals surface area contributed by atoms with Crippen LogP contribution in [0.25, 0.3) is 0 Å². The van der Waals surface area contributed by atoms with Crippen LogP contribution in [0, 0.1) is 5.92 Å². The Bertz CT molecular complexity index is 380. The van der Waals surface area contributed by atoms with Gasteiger partial charge in [0.05, 0.1) is 5.75 Å². The molecule has 1 rings (SSSR count). The number of amides is 2. The van der Waals surface area contributed by atoms with Gasteiger partial charge in [0.2, 0.25) is 5.91 Å². The zero-order valence-corrected chi connectivity index (χ0v) is 11.6. The minimum absolute atomic E-state index is 0.0223. The van der Waals surface area contributed by atoms with E-state index in [1.165, 1.54) is 4.90 Å². The quantitative estimate of drug-likeness (QED) is 0.728. The maximum Gasteiger partial charge on any atom is 0.303 e. The summed E-state index contributed by atoms with van der Waals surface area (Å²) < 4.78 is 0. The molecule has 1 fully saturated rings. The van der Waals surface area contributed by atoms with Crippen molar-refractivity contribution in [1.82, 2.24) is 4.90 Å². The number of ketones is 1. The molecule has 0 saturated carbocycles. The van der Waals surface area contributed by atoms with E-state index in [1.54, 1.807) is 6.92 Å². The largest absolute Gasteiger partial charge is 0.481 e. The van der Waals surface area contributed by atoms with E-state index in [1.807, 2.05) is 0 Å². The van der Waals surface area contributed by atoms with Crippen molar-refractivity contribution in [2.45, 2.75) is 32.6 Å². The zero-order chi connectivity index (χ0) is 14.4. The van der Waals surface area contributed by atoms with Gasteiger partial charge in [-0.1, -0.05) is 18.7 Å². The number of nitrogens with zero attached hydrogens (tertiary/aromatic N) is 1. The molecule has 0 aromatic carbocycles. The number of carbonyl (C=O) groups excluding carboxylic acids is 3. The molecular formula is C12H17NO5S. The van der Waals surface area contributed by atoms with E-state index < -0.39 is 5.97 Å². The predicted molar refractivity (Wildman–Crippen MR) is 69.8 cm³/mol. The first-order valence-electron chi connectivity index (χ1n) is 6.10. The number of carbonyl (C=O) groups is 4. The Balaban J connectivity index is 2.22. The summed E-state index contributed by atoms with van der Waals surface area (Å²) in [5.74, 6) is -1.15. The Hall–Kier alpha value is -1.37. The minimum atomic E-state index is -0.911. The molecule has 0 bridgehead atoms. The number of hydrogen-bond donors (Lipinski definition) is 1. The maximum absolute atomic E-state index is 11.6.